The predicted molar refractivity (Wildman–Crippen MR) is 73.4 cm³/mol. The number of allylic oxidation sites excluding steroid dienone is 7. The van der Waals surface area contributed by atoms with Gasteiger partial charge in [-0.2, -0.15) is 0 Å². The molecule has 0 saturated heterocycles. The zero-order chi connectivity index (χ0) is 13.2. The summed E-state index contributed by atoms with van der Waals surface area (Å²) in [5.41, 5.74) is 6.22. The molecule has 0 bridgehead atoms. The Balaban J connectivity index is 2.98. The van der Waals surface area contributed by atoms with Crippen molar-refractivity contribution in [1.82, 2.24) is 0 Å². The molecule has 0 unspecified atom stereocenters. The molecule has 0 radical (unpaired) electrons. The van der Waals surface area contributed by atoms with Crippen LogP contribution < -0.4 is 0 Å². The van der Waals surface area contributed by atoms with Gasteiger partial charge in [-0.25, -0.2) is 0 Å². The maximum absolute atomic E-state index is 2.40. The van der Waals surface area contributed by atoms with Crippen LogP contribution in [0.2, 0.25) is 0 Å². The topological polar surface area (TPSA) is 0 Å². The van der Waals surface area contributed by atoms with Gasteiger partial charge in [-0.05, 0) is 0 Å². The van der Waals surface area contributed by atoms with E-state index in [1.165, 1.54) is 16.7 Å². The second-order valence-electron chi connectivity index (χ2n) is 5.31. The van der Waals surface area contributed by atoms with Gasteiger partial charge in [0.2, 0.25) is 0 Å². The Kier molecular flexibility index (Phi) is 4.64. The summed E-state index contributed by atoms with van der Waals surface area (Å²) in [5.74, 6) is 0. The van der Waals surface area contributed by atoms with E-state index in [-0.39, 0.29) is 5.41 Å². The van der Waals surface area contributed by atoms with Crippen LogP contribution in [-0.2, 0) is 15.2 Å². The molecule has 94 valence electrons. The van der Waals surface area contributed by atoms with Gasteiger partial charge in [0.1, 0.15) is 0 Å². The van der Waals surface area contributed by atoms with Gasteiger partial charge in [0.15, 0.2) is 0 Å². The van der Waals surface area contributed by atoms with Crippen LogP contribution in [0.25, 0.3) is 0 Å². The van der Waals surface area contributed by atoms with Gasteiger partial charge in [-0.15, -0.1) is 0 Å². The second kappa shape index (κ2) is 5.42. The van der Waals surface area contributed by atoms with Crippen LogP contribution >= 0.6 is 0 Å². The van der Waals surface area contributed by atoms with Gasteiger partial charge >= 0.3 is 113 Å². The first kappa shape index (κ1) is 14.6. The summed E-state index contributed by atoms with van der Waals surface area (Å²) < 4.78 is 1.64. The molecule has 0 fully saturated rings. The summed E-state index contributed by atoms with van der Waals surface area (Å²) in [6.07, 6.45) is 4.30. The molecule has 1 aliphatic rings. The summed E-state index contributed by atoms with van der Waals surface area (Å²) >= 11 is 0.468. The average molecular weight is 268 g/mol. The third-order valence-corrected chi connectivity index (χ3v) is 6.17. The van der Waals surface area contributed by atoms with Crippen molar-refractivity contribution in [2.24, 2.45) is 5.41 Å². The molecular formula is C16H24Cr. The number of rotatable bonds is 3. The van der Waals surface area contributed by atoms with Crippen LogP contribution in [0.15, 0.2) is 43.8 Å². The van der Waals surface area contributed by atoms with Crippen molar-refractivity contribution in [3.8, 4) is 0 Å². The van der Waals surface area contributed by atoms with E-state index in [9.17, 15) is 0 Å². The van der Waals surface area contributed by atoms with Crippen molar-refractivity contribution < 1.29 is 15.2 Å². The average Bonchev–Trinajstić information content (AvgIpc) is 2.39. The molecule has 0 aromatic heterocycles. The first-order valence-corrected chi connectivity index (χ1v) is 7.55. The summed E-state index contributed by atoms with van der Waals surface area (Å²) in [4.78, 5) is 2.40. The van der Waals surface area contributed by atoms with E-state index in [2.05, 4.69) is 65.6 Å². The summed E-state index contributed by atoms with van der Waals surface area (Å²) in [5, 5.41) is 0. The second-order valence-corrected chi connectivity index (χ2v) is 6.68. The Hall–Kier alpha value is -0.508. The third-order valence-electron chi connectivity index (χ3n) is 3.76. The Morgan fingerprint density at radius 2 is 1.71 bits per heavy atom. The van der Waals surface area contributed by atoms with E-state index in [4.69, 9.17) is 0 Å². The van der Waals surface area contributed by atoms with Gasteiger partial charge in [0, 0.05) is 0 Å². The standard InChI is InChI=1S/C10H15.C6H9.Cr/c1-7-6-10(4,5)9(3)8(7)2;1-4-5-6(2)3;/h1-5H3;2,4-5H,1,3H3;. The Morgan fingerprint density at radius 1 is 1.12 bits per heavy atom. The molecule has 1 heteroatoms. The van der Waals surface area contributed by atoms with Crippen molar-refractivity contribution >= 4 is 0 Å². The molecule has 0 amide bonds. The van der Waals surface area contributed by atoms with E-state index < -0.39 is 0 Å². The van der Waals surface area contributed by atoms with Crippen molar-refractivity contribution in [1.29, 1.82) is 0 Å². The molecule has 0 heterocycles. The van der Waals surface area contributed by atoms with Crippen molar-refractivity contribution in [2.45, 2.75) is 48.5 Å². The number of hydrogen-bond donors (Lipinski definition) is 0. The van der Waals surface area contributed by atoms with Gasteiger partial charge in [0.05, 0.1) is 0 Å². The van der Waals surface area contributed by atoms with Crippen molar-refractivity contribution in [2.75, 3.05) is 0 Å². The molecule has 0 atom stereocenters. The fourth-order valence-corrected chi connectivity index (χ4v) is 4.06. The molecule has 0 N–H and O–H groups in total. The fraction of sp³-hybridized carbons (Fsp3) is 0.500. The predicted octanol–water partition coefficient (Wildman–Crippen LogP) is 5.20. The molecule has 0 aliphatic heterocycles. The van der Waals surface area contributed by atoms with Crippen molar-refractivity contribution in [3.05, 3.63) is 43.8 Å². The van der Waals surface area contributed by atoms with Crippen molar-refractivity contribution in [3.63, 3.8) is 0 Å². The monoisotopic (exact) mass is 268 g/mol. The van der Waals surface area contributed by atoms with Crippen LogP contribution in [0.4, 0.5) is 0 Å². The quantitative estimate of drug-likeness (QED) is 0.617. The molecule has 0 nitrogen and oxygen atoms in total. The minimum absolute atomic E-state index is 0.265. The zero-order valence-electron chi connectivity index (χ0n) is 12.1. The van der Waals surface area contributed by atoms with Crippen LogP contribution in [0, 0.1) is 5.41 Å². The molecule has 1 aliphatic carbocycles. The minimum atomic E-state index is 0.265. The van der Waals surface area contributed by atoms with Gasteiger partial charge in [0.25, 0.3) is 0 Å². The van der Waals surface area contributed by atoms with Gasteiger partial charge < -0.3 is 0 Å². The maximum atomic E-state index is 2.40. The van der Waals surface area contributed by atoms with Crippen LogP contribution in [0.5, 0.6) is 0 Å². The van der Waals surface area contributed by atoms with Gasteiger partial charge in [-0.1, -0.05) is 0 Å². The molecule has 0 aromatic rings. The summed E-state index contributed by atoms with van der Waals surface area (Å²) in [6.45, 7) is 15.8. The van der Waals surface area contributed by atoms with E-state index in [0.29, 0.717) is 15.2 Å². The molecule has 0 saturated carbocycles. The fourth-order valence-electron chi connectivity index (χ4n) is 2.25. The van der Waals surface area contributed by atoms with E-state index in [0.717, 1.165) is 0 Å². The van der Waals surface area contributed by atoms with E-state index in [1.807, 2.05) is 0 Å². The Morgan fingerprint density at radius 3 is 2.12 bits per heavy atom. The first-order valence-electron chi connectivity index (χ1n) is 6.18. The van der Waals surface area contributed by atoms with E-state index >= 15 is 0 Å². The first-order chi connectivity index (χ1) is 7.82. The molecule has 0 spiro atoms. The van der Waals surface area contributed by atoms with E-state index in [1.54, 1.807) is 10.0 Å². The Labute approximate surface area is 113 Å². The zero-order valence-corrected chi connectivity index (χ0v) is 13.4. The summed E-state index contributed by atoms with van der Waals surface area (Å²) in [7, 11) is 0. The Bertz CT molecular complexity index is 428. The molecule has 17 heavy (non-hydrogen) atoms. The summed E-state index contributed by atoms with van der Waals surface area (Å²) in [6, 6.07) is 0. The molecule has 0 aromatic carbocycles. The number of hydrogen-bond acceptors (Lipinski definition) is 0. The van der Waals surface area contributed by atoms with Gasteiger partial charge in [-0.3, -0.25) is 0 Å². The normalized spacial score (nSPS) is 21.0. The van der Waals surface area contributed by atoms with Crippen LogP contribution in [-0.4, -0.2) is 0 Å². The SMILES string of the molecule is CC=CC(C)=[CH][Cr][C]1=C(C)C(C)=C(C)C1(C)C. The van der Waals surface area contributed by atoms with Crippen LogP contribution in [0.3, 0.4) is 0 Å². The molecule has 1 rings (SSSR count). The molecular weight excluding hydrogens is 244 g/mol. The van der Waals surface area contributed by atoms with Crippen LogP contribution in [0.1, 0.15) is 48.5 Å². The third kappa shape index (κ3) is 2.84.